The highest BCUT2D eigenvalue weighted by Gasteiger charge is 2.49. The summed E-state index contributed by atoms with van der Waals surface area (Å²) in [5.74, 6) is -4.54. The van der Waals surface area contributed by atoms with E-state index in [0.29, 0.717) is 17.0 Å². The summed E-state index contributed by atoms with van der Waals surface area (Å²) in [7, 11) is -2.57. The van der Waals surface area contributed by atoms with Crippen LogP contribution in [-0.4, -0.2) is 51.5 Å². The molecule has 2 aromatic heterocycles. The van der Waals surface area contributed by atoms with Crippen molar-refractivity contribution >= 4 is 20.9 Å². The SMILES string of the molecule is Cc1cc(F)c2[nH]c(S(=O)(=O)N3CC(C)C(F)(F)C3)cc2c1-c1ncn(C)n1. The van der Waals surface area contributed by atoms with Crippen molar-refractivity contribution in [2.24, 2.45) is 13.0 Å². The van der Waals surface area contributed by atoms with Crippen molar-refractivity contribution in [1.82, 2.24) is 24.1 Å². The van der Waals surface area contributed by atoms with Crippen LogP contribution in [0.15, 0.2) is 23.5 Å². The summed E-state index contributed by atoms with van der Waals surface area (Å²) in [5, 5.41) is 4.15. The lowest BCUT2D eigenvalue weighted by molar-refractivity contribution is -0.0177. The van der Waals surface area contributed by atoms with Crippen LogP contribution in [0.2, 0.25) is 0 Å². The highest BCUT2D eigenvalue weighted by Crippen LogP contribution is 2.38. The number of sulfonamides is 1. The molecule has 1 aliphatic rings. The average molecular weight is 413 g/mol. The van der Waals surface area contributed by atoms with Crippen LogP contribution in [-0.2, 0) is 17.1 Å². The van der Waals surface area contributed by atoms with Crippen molar-refractivity contribution in [1.29, 1.82) is 0 Å². The van der Waals surface area contributed by atoms with Crippen LogP contribution in [0.3, 0.4) is 0 Å². The summed E-state index contributed by atoms with van der Waals surface area (Å²) in [6, 6.07) is 2.51. The number of nitrogens with one attached hydrogen (secondary N) is 1. The number of hydrogen-bond donors (Lipinski definition) is 1. The maximum atomic E-state index is 14.5. The third-order valence-corrected chi connectivity index (χ3v) is 6.80. The monoisotopic (exact) mass is 413 g/mol. The van der Waals surface area contributed by atoms with E-state index in [1.807, 2.05) is 0 Å². The second kappa shape index (κ2) is 6.05. The number of H-pyrrole nitrogens is 1. The van der Waals surface area contributed by atoms with Gasteiger partial charge in [0.15, 0.2) is 5.82 Å². The lowest BCUT2D eigenvalue weighted by atomic mass is 10.0. The number of nitrogens with zero attached hydrogens (tertiary/aromatic N) is 4. The lowest BCUT2D eigenvalue weighted by Gasteiger charge is -2.14. The minimum Gasteiger partial charge on any atom is -0.342 e. The molecule has 0 radical (unpaired) electrons. The van der Waals surface area contributed by atoms with E-state index in [2.05, 4.69) is 15.1 Å². The summed E-state index contributed by atoms with van der Waals surface area (Å²) < 4.78 is 70.2. The molecule has 0 spiro atoms. The van der Waals surface area contributed by atoms with Crippen LogP contribution in [0.1, 0.15) is 12.5 Å². The Morgan fingerprint density at radius 1 is 1.32 bits per heavy atom. The van der Waals surface area contributed by atoms with Gasteiger partial charge in [-0.05, 0) is 24.6 Å². The van der Waals surface area contributed by atoms with Gasteiger partial charge in [0.1, 0.15) is 17.2 Å². The molecular weight excluding hydrogens is 395 g/mol. The number of fused-ring (bicyclic) bond motifs is 1. The normalized spacial score (nSPS) is 20.3. The first-order valence-electron chi connectivity index (χ1n) is 8.56. The zero-order chi connectivity index (χ0) is 20.4. The summed E-state index contributed by atoms with van der Waals surface area (Å²) in [5.41, 5.74) is 0.973. The number of alkyl halides is 2. The molecule has 1 fully saturated rings. The van der Waals surface area contributed by atoms with Crippen LogP contribution >= 0.6 is 0 Å². The predicted molar refractivity (Wildman–Crippen MR) is 95.9 cm³/mol. The fourth-order valence-electron chi connectivity index (χ4n) is 3.47. The van der Waals surface area contributed by atoms with Gasteiger partial charge >= 0.3 is 0 Å². The molecule has 1 aromatic carbocycles. The Bertz CT molecular complexity index is 1190. The number of halogens is 3. The zero-order valence-electron chi connectivity index (χ0n) is 15.4. The minimum absolute atomic E-state index is 0.0365. The fraction of sp³-hybridized carbons (Fsp3) is 0.412. The molecule has 7 nitrogen and oxygen atoms in total. The molecule has 28 heavy (non-hydrogen) atoms. The summed E-state index contributed by atoms with van der Waals surface area (Å²) in [6.07, 6.45) is 1.47. The van der Waals surface area contributed by atoms with Gasteiger partial charge in [-0.25, -0.2) is 26.6 Å². The summed E-state index contributed by atoms with van der Waals surface area (Å²) >= 11 is 0. The first kappa shape index (κ1) is 18.9. The van der Waals surface area contributed by atoms with Crippen molar-refractivity contribution in [3.05, 3.63) is 29.8 Å². The number of aromatic amines is 1. The van der Waals surface area contributed by atoms with E-state index in [9.17, 15) is 21.6 Å². The van der Waals surface area contributed by atoms with E-state index < -0.39 is 34.2 Å². The molecule has 0 bridgehead atoms. The maximum absolute atomic E-state index is 14.5. The highest BCUT2D eigenvalue weighted by atomic mass is 32.2. The van der Waals surface area contributed by atoms with Crippen LogP contribution in [0.25, 0.3) is 22.3 Å². The van der Waals surface area contributed by atoms with Crippen molar-refractivity contribution in [3.8, 4) is 11.4 Å². The lowest BCUT2D eigenvalue weighted by Crippen LogP contribution is -2.31. The van der Waals surface area contributed by atoms with Crippen molar-refractivity contribution in [2.45, 2.75) is 24.8 Å². The quantitative estimate of drug-likeness (QED) is 0.716. The second-order valence-corrected chi connectivity index (χ2v) is 9.08. The summed E-state index contributed by atoms with van der Waals surface area (Å²) in [6.45, 7) is 1.76. The van der Waals surface area contributed by atoms with E-state index in [4.69, 9.17) is 0 Å². The maximum Gasteiger partial charge on any atom is 0.265 e. The first-order chi connectivity index (χ1) is 13.0. The number of benzene rings is 1. The number of aromatic nitrogens is 4. The minimum atomic E-state index is -4.24. The fourth-order valence-corrected chi connectivity index (χ4v) is 5.01. The van der Waals surface area contributed by atoms with Gasteiger partial charge in [0.25, 0.3) is 15.9 Å². The molecule has 11 heteroatoms. The second-order valence-electron chi connectivity index (χ2n) is 7.17. The van der Waals surface area contributed by atoms with Crippen LogP contribution in [0.5, 0.6) is 0 Å². The molecule has 1 unspecified atom stereocenters. The number of aryl methyl sites for hydroxylation is 2. The Morgan fingerprint density at radius 2 is 2.04 bits per heavy atom. The average Bonchev–Trinajstić information content (AvgIpc) is 3.27. The topological polar surface area (TPSA) is 83.9 Å². The van der Waals surface area contributed by atoms with Gasteiger partial charge in [0, 0.05) is 30.5 Å². The number of hydrogen-bond acceptors (Lipinski definition) is 4. The Hall–Kier alpha value is -2.40. The molecular formula is C17H18F3N5O2S. The largest absolute Gasteiger partial charge is 0.342 e. The van der Waals surface area contributed by atoms with Crippen LogP contribution in [0, 0.1) is 18.7 Å². The Labute approximate surface area is 159 Å². The molecule has 1 atom stereocenters. The first-order valence-corrected chi connectivity index (χ1v) is 10.0. The molecule has 4 rings (SSSR count). The van der Waals surface area contributed by atoms with Gasteiger partial charge in [-0.1, -0.05) is 6.92 Å². The molecule has 0 aliphatic carbocycles. The van der Waals surface area contributed by atoms with Gasteiger partial charge < -0.3 is 4.98 Å². The molecule has 0 amide bonds. The van der Waals surface area contributed by atoms with Crippen molar-refractivity contribution in [3.63, 3.8) is 0 Å². The van der Waals surface area contributed by atoms with E-state index in [1.165, 1.54) is 30.1 Å². The Balaban J connectivity index is 1.88. The van der Waals surface area contributed by atoms with Crippen LogP contribution in [0.4, 0.5) is 13.2 Å². The van der Waals surface area contributed by atoms with E-state index >= 15 is 0 Å². The van der Waals surface area contributed by atoms with Crippen molar-refractivity contribution in [2.75, 3.05) is 13.1 Å². The third kappa shape index (κ3) is 2.80. The molecule has 1 aliphatic heterocycles. The smallest absolute Gasteiger partial charge is 0.265 e. The van der Waals surface area contributed by atoms with Gasteiger partial charge in [0.05, 0.1) is 12.1 Å². The van der Waals surface area contributed by atoms with E-state index in [-0.39, 0.29) is 22.5 Å². The number of rotatable bonds is 3. The molecule has 1 saturated heterocycles. The molecule has 3 aromatic rings. The van der Waals surface area contributed by atoms with Crippen LogP contribution < -0.4 is 0 Å². The summed E-state index contributed by atoms with van der Waals surface area (Å²) in [4.78, 5) is 6.72. The molecule has 0 saturated carbocycles. The van der Waals surface area contributed by atoms with Crippen molar-refractivity contribution < 1.29 is 21.6 Å². The molecule has 150 valence electrons. The predicted octanol–water partition coefficient (Wildman–Crippen LogP) is 2.69. The Kier molecular flexibility index (Phi) is 4.09. The Morgan fingerprint density at radius 3 is 2.61 bits per heavy atom. The van der Waals surface area contributed by atoms with E-state index in [0.717, 1.165) is 4.31 Å². The van der Waals surface area contributed by atoms with Gasteiger partial charge in [-0.2, -0.15) is 9.40 Å². The zero-order valence-corrected chi connectivity index (χ0v) is 16.2. The third-order valence-electron chi connectivity index (χ3n) is 5.07. The van der Waals surface area contributed by atoms with Gasteiger partial charge in [-0.3, -0.25) is 4.68 Å². The molecule has 3 heterocycles. The van der Waals surface area contributed by atoms with Gasteiger partial charge in [0.2, 0.25) is 0 Å². The highest BCUT2D eigenvalue weighted by molar-refractivity contribution is 7.89. The van der Waals surface area contributed by atoms with Gasteiger partial charge in [-0.15, -0.1) is 0 Å². The standard InChI is InChI=1S/C17H18F3N5O2S/c1-9-4-12(18)15-11(14(9)16-21-8-24(3)23-16)5-13(22-15)28(26,27)25-6-10(2)17(19,20)7-25/h4-5,8,10,22H,6-7H2,1-3H3. The van der Waals surface area contributed by atoms with E-state index in [1.54, 1.807) is 14.0 Å². The molecule has 1 N–H and O–H groups in total.